The molecule has 0 amide bonds. The predicted molar refractivity (Wildman–Crippen MR) is 65.1 cm³/mol. The summed E-state index contributed by atoms with van der Waals surface area (Å²) in [5, 5.41) is 7.00. The molecule has 0 heterocycles. The van der Waals surface area contributed by atoms with E-state index in [4.69, 9.17) is 5.11 Å². The highest BCUT2D eigenvalue weighted by molar-refractivity contribution is 7.99. The minimum absolute atomic E-state index is 1.00. The lowest BCUT2D eigenvalue weighted by atomic mass is 10.4. The van der Waals surface area contributed by atoms with Gasteiger partial charge in [0, 0.05) is 16.9 Å². The molecule has 0 saturated carbocycles. The van der Waals surface area contributed by atoms with E-state index in [2.05, 4.69) is 48.5 Å². The van der Waals surface area contributed by atoms with Crippen molar-refractivity contribution in [1.82, 2.24) is 0 Å². The van der Waals surface area contributed by atoms with Crippen LogP contribution in [0.4, 0.5) is 0 Å². The van der Waals surface area contributed by atoms with Crippen LogP contribution in [0.5, 0.6) is 0 Å². The molecule has 2 aromatic carbocycles. The van der Waals surface area contributed by atoms with Crippen LogP contribution in [-0.4, -0.2) is 12.2 Å². The van der Waals surface area contributed by atoms with E-state index in [0.29, 0.717) is 0 Å². The van der Waals surface area contributed by atoms with Gasteiger partial charge in [-0.25, -0.2) is 0 Å². The standard InChI is InChI=1S/C12H10S.CH4O/c1-3-7-11(8-4-1)13-12-9-5-2-6-10-12;1-2/h1-10H;2H,1H3. The molecule has 0 spiro atoms. The van der Waals surface area contributed by atoms with Gasteiger partial charge in [-0.15, -0.1) is 0 Å². The number of aliphatic hydroxyl groups is 1. The van der Waals surface area contributed by atoms with Crippen molar-refractivity contribution in [1.29, 1.82) is 0 Å². The van der Waals surface area contributed by atoms with Gasteiger partial charge in [0.15, 0.2) is 0 Å². The summed E-state index contributed by atoms with van der Waals surface area (Å²) in [7, 11) is 1.00. The number of benzene rings is 2. The zero-order chi connectivity index (χ0) is 10.9. The van der Waals surface area contributed by atoms with Crippen molar-refractivity contribution in [2.45, 2.75) is 9.79 Å². The van der Waals surface area contributed by atoms with Gasteiger partial charge in [-0.3, -0.25) is 0 Å². The normalized spacial score (nSPS) is 8.93. The fraction of sp³-hybridized carbons (Fsp3) is 0.0769. The fourth-order valence-electron chi connectivity index (χ4n) is 1.11. The van der Waals surface area contributed by atoms with Crippen LogP contribution in [0.15, 0.2) is 70.5 Å². The summed E-state index contributed by atoms with van der Waals surface area (Å²) >= 11 is 1.79. The van der Waals surface area contributed by atoms with E-state index in [9.17, 15) is 0 Å². The Labute approximate surface area is 94.8 Å². The van der Waals surface area contributed by atoms with Crippen molar-refractivity contribution < 1.29 is 5.11 Å². The van der Waals surface area contributed by atoms with Crippen LogP contribution in [0.1, 0.15) is 0 Å². The Hall–Kier alpha value is -1.25. The van der Waals surface area contributed by atoms with Gasteiger partial charge < -0.3 is 5.11 Å². The number of hydrogen-bond donors (Lipinski definition) is 1. The lowest BCUT2D eigenvalue weighted by Crippen LogP contribution is -1.70. The van der Waals surface area contributed by atoms with Gasteiger partial charge in [0.25, 0.3) is 0 Å². The lowest BCUT2D eigenvalue weighted by molar-refractivity contribution is 0.399. The third-order valence-corrected chi connectivity index (χ3v) is 2.74. The fourth-order valence-corrected chi connectivity index (χ4v) is 1.97. The predicted octanol–water partition coefficient (Wildman–Crippen LogP) is 3.45. The maximum absolute atomic E-state index is 7.00. The van der Waals surface area contributed by atoms with Crippen molar-refractivity contribution in [2.75, 3.05) is 7.11 Å². The molecular weight excluding hydrogens is 204 g/mol. The van der Waals surface area contributed by atoms with Crippen molar-refractivity contribution >= 4 is 11.8 Å². The number of aliphatic hydroxyl groups excluding tert-OH is 1. The van der Waals surface area contributed by atoms with Gasteiger partial charge in [-0.2, -0.15) is 0 Å². The molecule has 2 aromatic rings. The molecule has 0 aliphatic heterocycles. The van der Waals surface area contributed by atoms with Crippen molar-refractivity contribution in [3.8, 4) is 0 Å². The average molecular weight is 218 g/mol. The van der Waals surface area contributed by atoms with Crippen molar-refractivity contribution in [2.24, 2.45) is 0 Å². The van der Waals surface area contributed by atoms with Crippen molar-refractivity contribution in [3.63, 3.8) is 0 Å². The maximum Gasteiger partial charge on any atom is 0.0319 e. The van der Waals surface area contributed by atoms with E-state index < -0.39 is 0 Å². The summed E-state index contributed by atoms with van der Waals surface area (Å²) in [6.07, 6.45) is 0. The molecule has 0 aromatic heterocycles. The Kier molecular flexibility index (Phi) is 5.59. The highest BCUT2D eigenvalue weighted by atomic mass is 32.2. The minimum atomic E-state index is 1.00. The van der Waals surface area contributed by atoms with Crippen LogP contribution in [0.25, 0.3) is 0 Å². The van der Waals surface area contributed by atoms with Crippen LogP contribution in [-0.2, 0) is 0 Å². The van der Waals surface area contributed by atoms with Gasteiger partial charge in [-0.05, 0) is 24.3 Å². The van der Waals surface area contributed by atoms with Gasteiger partial charge in [0.05, 0.1) is 0 Å². The third kappa shape index (κ3) is 4.19. The Bertz CT molecular complexity index is 321. The largest absolute Gasteiger partial charge is 0.400 e. The summed E-state index contributed by atoms with van der Waals surface area (Å²) in [5.74, 6) is 0. The van der Waals surface area contributed by atoms with Gasteiger partial charge in [0.2, 0.25) is 0 Å². The first kappa shape index (κ1) is 11.8. The molecule has 2 heteroatoms. The monoisotopic (exact) mass is 218 g/mol. The van der Waals surface area contributed by atoms with Gasteiger partial charge in [-0.1, -0.05) is 48.2 Å². The van der Waals surface area contributed by atoms with E-state index in [1.165, 1.54) is 9.79 Å². The summed E-state index contributed by atoms with van der Waals surface area (Å²) in [5.41, 5.74) is 0. The second kappa shape index (κ2) is 7.10. The summed E-state index contributed by atoms with van der Waals surface area (Å²) in [6, 6.07) is 20.8. The molecule has 78 valence electrons. The topological polar surface area (TPSA) is 20.2 Å². The van der Waals surface area contributed by atoms with Gasteiger partial charge in [0.1, 0.15) is 0 Å². The average Bonchev–Trinajstić information content (AvgIpc) is 2.34. The zero-order valence-corrected chi connectivity index (χ0v) is 9.45. The summed E-state index contributed by atoms with van der Waals surface area (Å²) < 4.78 is 0. The van der Waals surface area contributed by atoms with Crippen LogP contribution >= 0.6 is 11.8 Å². The maximum atomic E-state index is 7.00. The molecule has 15 heavy (non-hydrogen) atoms. The first-order chi connectivity index (χ1) is 7.45. The van der Waals surface area contributed by atoms with E-state index in [1.54, 1.807) is 11.8 Å². The molecular formula is C13H14OS. The van der Waals surface area contributed by atoms with Crippen LogP contribution in [0.2, 0.25) is 0 Å². The molecule has 0 radical (unpaired) electrons. The van der Waals surface area contributed by atoms with Crippen LogP contribution in [0.3, 0.4) is 0 Å². The zero-order valence-electron chi connectivity index (χ0n) is 8.63. The molecule has 0 aliphatic carbocycles. The van der Waals surface area contributed by atoms with Crippen LogP contribution in [0, 0.1) is 0 Å². The molecule has 1 N–H and O–H groups in total. The highest BCUT2D eigenvalue weighted by Gasteiger charge is 1.93. The van der Waals surface area contributed by atoms with E-state index in [-0.39, 0.29) is 0 Å². The SMILES string of the molecule is CO.c1ccc(Sc2ccccc2)cc1. The Morgan fingerprint density at radius 3 is 1.33 bits per heavy atom. The molecule has 1 nitrogen and oxygen atoms in total. The molecule has 2 rings (SSSR count). The van der Waals surface area contributed by atoms with Crippen molar-refractivity contribution in [3.05, 3.63) is 60.7 Å². The third-order valence-electron chi connectivity index (χ3n) is 1.72. The highest BCUT2D eigenvalue weighted by Crippen LogP contribution is 2.26. The van der Waals surface area contributed by atoms with Gasteiger partial charge >= 0.3 is 0 Å². The summed E-state index contributed by atoms with van der Waals surface area (Å²) in [4.78, 5) is 2.57. The number of rotatable bonds is 2. The smallest absolute Gasteiger partial charge is 0.0319 e. The molecule has 0 atom stereocenters. The Morgan fingerprint density at radius 1 is 0.667 bits per heavy atom. The second-order valence-corrected chi connectivity index (χ2v) is 3.88. The molecule has 0 saturated heterocycles. The second-order valence-electron chi connectivity index (χ2n) is 2.73. The molecule has 0 fully saturated rings. The molecule has 0 unspecified atom stereocenters. The number of hydrogen-bond acceptors (Lipinski definition) is 2. The Morgan fingerprint density at radius 2 is 1.00 bits per heavy atom. The minimum Gasteiger partial charge on any atom is -0.400 e. The van der Waals surface area contributed by atoms with E-state index in [0.717, 1.165) is 7.11 Å². The first-order valence-corrected chi connectivity index (χ1v) is 5.49. The quantitative estimate of drug-likeness (QED) is 0.833. The van der Waals surface area contributed by atoms with Crippen LogP contribution < -0.4 is 0 Å². The Balaban J connectivity index is 0.000000531. The summed E-state index contributed by atoms with van der Waals surface area (Å²) in [6.45, 7) is 0. The molecule has 0 aliphatic rings. The van der Waals surface area contributed by atoms with E-state index in [1.807, 2.05) is 12.1 Å². The first-order valence-electron chi connectivity index (χ1n) is 4.68. The lowest BCUT2D eigenvalue weighted by Gasteiger charge is -1.99. The van der Waals surface area contributed by atoms with E-state index >= 15 is 0 Å². The molecule has 0 bridgehead atoms.